The fraction of sp³-hybridized carbons (Fsp3) is 0.278. The number of carbonyl (C=O) groups is 1. The van der Waals surface area contributed by atoms with Crippen molar-refractivity contribution in [2.75, 3.05) is 5.75 Å². The minimum atomic E-state index is -0.107. The topological polar surface area (TPSA) is 93.8 Å². The van der Waals surface area contributed by atoms with Crippen LogP contribution in [-0.4, -0.2) is 31.8 Å². The zero-order chi connectivity index (χ0) is 18.4. The Hall–Kier alpha value is -2.74. The number of nitrogens with zero attached hydrogens (tertiary/aromatic N) is 4. The third-order valence-electron chi connectivity index (χ3n) is 3.68. The molecule has 134 valence electrons. The molecule has 1 N–H and O–H groups in total. The van der Waals surface area contributed by atoms with Gasteiger partial charge in [0.25, 0.3) is 0 Å². The van der Waals surface area contributed by atoms with Gasteiger partial charge in [-0.25, -0.2) is 4.98 Å². The first-order valence-electron chi connectivity index (χ1n) is 8.27. The van der Waals surface area contributed by atoms with Crippen molar-refractivity contribution in [3.05, 3.63) is 54.3 Å². The van der Waals surface area contributed by atoms with Crippen LogP contribution in [-0.2, 0) is 11.2 Å². The van der Waals surface area contributed by atoms with Gasteiger partial charge in [-0.2, -0.15) is 4.98 Å². The van der Waals surface area contributed by atoms with Crippen LogP contribution in [0.5, 0.6) is 0 Å². The van der Waals surface area contributed by atoms with Crippen molar-refractivity contribution >= 4 is 17.7 Å². The van der Waals surface area contributed by atoms with Crippen molar-refractivity contribution in [2.45, 2.75) is 31.3 Å². The number of thioether (sulfide) groups is 1. The fourth-order valence-electron chi connectivity index (χ4n) is 2.32. The summed E-state index contributed by atoms with van der Waals surface area (Å²) in [5.41, 5.74) is 1.72. The van der Waals surface area contributed by atoms with Gasteiger partial charge < -0.3 is 9.84 Å². The first-order chi connectivity index (χ1) is 12.7. The van der Waals surface area contributed by atoms with E-state index in [-0.39, 0.29) is 17.7 Å². The number of carbonyl (C=O) groups excluding carboxylic acids is 1. The third-order valence-corrected chi connectivity index (χ3v) is 4.69. The maximum atomic E-state index is 12.3. The van der Waals surface area contributed by atoms with Gasteiger partial charge in [0.15, 0.2) is 0 Å². The molecule has 0 radical (unpaired) electrons. The summed E-state index contributed by atoms with van der Waals surface area (Å²) < 4.78 is 5.17. The molecule has 3 heterocycles. The Morgan fingerprint density at radius 1 is 1.31 bits per heavy atom. The number of aryl methyl sites for hydroxylation is 1. The van der Waals surface area contributed by atoms with Crippen LogP contribution in [0.15, 0.2) is 52.4 Å². The van der Waals surface area contributed by atoms with Gasteiger partial charge in [0.2, 0.25) is 17.6 Å². The number of nitrogens with one attached hydrogen (secondary N) is 1. The Bertz CT molecular complexity index is 869. The highest BCUT2D eigenvalue weighted by atomic mass is 32.2. The highest BCUT2D eigenvalue weighted by Crippen LogP contribution is 2.27. The lowest BCUT2D eigenvalue weighted by atomic mass is 10.1. The highest BCUT2D eigenvalue weighted by Gasteiger charge is 2.15. The standard InChI is InChI=1S/C18H19N5O2S/c1-3-16-22-17(23-25-16)14-7-5-9-20-18(14)26-11-15(24)21-12(2)13-6-4-8-19-10-13/h4-10,12H,3,11H2,1-2H3,(H,21,24)/t12-/m1/s1. The first-order valence-corrected chi connectivity index (χ1v) is 9.26. The molecule has 0 saturated heterocycles. The minimum Gasteiger partial charge on any atom is -0.349 e. The molecule has 0 fully saturated rings. The van der Waals surface area contributed by atoms with Crippen LogP contribution < -0.4 is 5.32 Å². The maximum absolute atomic E-state index is 12.3. The van der Waals surface area contributed by atoms with Gasteiger partial charge >= 0.3 is 0 Å². The van der Waals surface area contributed by atoms with Crippen LogP contribution >= 0.6 is 11.8 Å². The van der Waals surface area contributed by atoms with Gasteiger partial charge in [-0.3, -0.25) is 9.78 Å². The fourth-order valence-corrected chi connectivity index (χ4v) is 3.12. The minimum absolute atomic E-state index is 0.0784. The summed E-state index contributed by atoms with van der Waals surface area (Å²) in [7, 11) is 0. The maximum Gasteiger partial charge on any atom is 0.230 e. The normalized spacial score (nSPS) is 11.9. The van der Waals surface area contributed by atoms with Crippen LogP contribution in [0.2, 0.25) is 0 Å². The van der Waals surface area contributed by atoms with Crippen LogP contribution in [0.1, 0.15) is 31.3 Å². The molecule has 3 aromatic heterocycles. The number of amides is 1. The number of pyridine rings is 2. The monoisotopic (exact) mass is 369 g/mol. The van der Waals surface area contributed by atoms with E-state index < -0.39 is 0 Å². The molecule has 0 unspecified atom stereocenters. The summed E-state index contributed by atoms with van der Waals surface area (Å²) in [6.07, 6.45) is 5.81. The van der Waals surface area contributed by atoms with Crippen molar-refractivity contribution in [3.63, 3.8) is 0 Å². The predicted octanol–water partition coefficient (Wildman–Crippen LogP) is 3.06. The number of rotatable bonds is 7. The van der Waals surface area contributed by atoms with Gasteiger partial charge in [-0.15, -0.1) is 0 Å². The molecule has 3 rings (SSSR count). The molecule has 3 aromatic rings. The number of hydrogen-bond acceptors (Lipinski definition) is 7. The second kappa shape index (κ2) is 8.57. The van der Waals surface area contributed by atoms with Crippen molar-refractivity contribution in [2.24, 2.45) is 0 Å². The lowest BCUT2D eigenvalue weighted by molar-refractivity contribution is -0.119. The third kappa shape index (κ3) is 4.45. The molecule has 0 bridgehead atoms. The summed E-state index contributed by atoms with van der Waals surface area (Å²) in [5.74, 6) is 1.22. The van der Waals surface area contributed by atoms with E-state index in [0.717, 1.165) is 11.1 Å². The number of aromatic nitrogens is 4. The van der Waals surface area contributed by atoms with Crippen LogP contribution in [0, 0.1) is 0 Å². The largest absolute Gasteiger partial charge is 0.349 e. The Kier molecular flexibility index (Phi) is 5.96. The molecular formula is C18H19N5O2S. The lowest BCUT2D eigenvalue weighted by Gasteiger charge is -2.13. The van der Waals surface area contributed by atoms with Gasteiger partial charge in [0.05, 0.1) is 17.4 Å². The molecule has 1 amide bonds. The molecule has 7 nitrogen and oxygen atoms in total. The van der Waals surface area contributed by atoms with Gasteiger partial charge in [0.1, 0.15) is 5.03 Å². The van der Waals surface area contributed by atoms with Crippen molar-refractivity contribution in [1.82, 2.24) is 25.4 Å². The highest BCUT2D eigenvalue weighted by molar-refractivity contribution is 8.00. The summed E-state index contributed by atoms with van der Waals surface area (Å²) >= 11 is 1.34. The molecule has 8 heteroatoms. The van der Waals surface area contributed by atoms with Crippen molar-refractivity contribution < 1.29 is 9.32 Å². The molecule has 0 saturated carbocycles. The zero-order valence-electron chi connectivity index (χ0n) is 14.5. The molecular weight excluding hydrogens is 350 g/mol. The summed E-state index contributed by atoms with van der Waals surface area (Å²) in [6.45, 7) is 3.88. The average molecular weight is 369 g/mol. The Morgan fingerprint density at radius 3 is 2.88 bits per heavy atom. The van der Waals surface area contributed by atoms with Crippen LogP contribution in [0.4, 0.5) is 0 Å². The van der Waals surface area contributed by atoms with E-state index in [1.165, 1.54) is 11.8 Å². The van der Waals surface area contributed by atoms with Gasteiger partial charge in [-0.1, -0.05) is 29.9 Å². The molecule has 0 aromatic carbocycles. The first kappa shape index (κ1) is 18.1. The second-order valence-corrected chi connectivity index (χ2v) is 6.55. The van der Waals surface area contributed by atoms with E-state index >= 15 is 0 Å². The van der Waals surface area contributed by atoms with E-state index in [1.54, 1.807) is 18.6 Å². The smallest absolute Gasteiger partial charge is 0.230 e. The Labute approximate surface area is 155 Å². The zero-order valence-corrected chi connectivity index (χ0v) is 15.4. The predicted molar refractivity (Wildman–Crippen MR) is 98.4 cm³/mol. The quantitative estimate of drug-likeness (QED) is 0.640. The number of hydrogen-bond donors (Lipinski definition) is 1. The Balaban J connectivity index is 1.63. The summed E-state index contributed by atoms with van der Waals surface area (Å²) in [5, 5.41) is 7.64. The summed E-state index contributed by atoms with van der Waals surface area (Å²) in [6, 6.07) is 7.36. The van der Waals surface area contributed by atoms with Crippen LogP contribution in [0.25, 0.3) is 11.4 Å². The van der Waals surface area contributed by atoms with Crippen molar-refractivity contribution in [3.8, 4) is 11.4 Å². The SMILES string of the molecule is CCc1nc(-c2cccnc2SCC(=O)N[C@H](C)c2cccnc2)no1. The van der Waals surface area contributed by atoms with E-state index in [9.17, 15) is 4.79 Å². The molecule has 0 spiro atoms. The molecule has 26 heavy (non-hydrogen) atoms. The second-order valence-electron chi connectivity index (χ2n) is 5.59. The molecule has 0 aliphatic carbocycles. The van der Waals surface area contributed by atoms with E-state index in [4.69, 9.17) is 4.52 Å². The molecule has 0 aliphatic rings. The Morgan fingerprint density at radius 2 is 2.15 bits per heavy atom. The molecule has 1 atom stereocenters. The van der Waals surface area contributed by atoms with Gasteiger partial charge in [0, 0.05) is 25.0 Å². The van der Waals surface area contributed by atoms with E-state index in [0.29, 0.717) is 23.2 Å². The van der Waals surface area contributed by atoms with Crippen molar-refractivity contribution in [1.29, 1.82) is 0 Å². The van der Waals surface area contributed by atoms with E-state index in [2.05, 4.69) is 25.4 Å². The lowest BCUT2D eigenvalue weighted by Crippen LogP contribution is -2.28. The van der Waals surface area contributed by atoms with E-state index in [1.807, 2.05) is 38.1 Å². The average Bonchev–Trinajstić information content (AvgIpc) is 3.16. The van der Waals surface area contributed by atoms with Crippen LogP contribution in [0.3, 0.4) is 0 Å². The summed E-state index contributed by atoms with van der Waals surface area (Å²) in [4.78, 5) is 25.0. The van der Waals surface area contributed by atoms with Gasteiger partial charge in [-0.05, 0) is 30.7 Å². The molecule has 0 aliphatic heterocycles.